The fourth-order valence-electron chi connectivity index (χ4n) is 2.02. The summed E-state index contributed by atoms with van der Waals surface area (Å²) < 4.78 is 9.83. The van der Waals surface area contributed by atoms with Gasteiger partial charge in [-0.25, -0.2) is 9.13 Å². The minimum Gasteiger partial charge on any atom is -0.385 e. The molecule has 0 bridgehead atoms. The lowest BCUT2D eigenvalue weighted by atomic mass is 10.3. The van der Waals surface area contributed by atoms with E-state index in [1.807, 2.05) is 0 Å². The number of nitrogens with zero attached hydrogens (tertiary/aromatic N) is 2. The Morgan fingerprint density at radius 1 is 1.31 bits per heavy atom. The van der Waals surface area contributed by atoms with Gasteiger partial charge >= 0.3 is 0 Å². The Kier molecular flexibility index (Phi) is 6.16. The van der Waals surface area contributed by atoms with Gasteiger partial charge in [-0.05, 0) is 6.42 Å². The van der Waals surface area contributed by atoms with Crippen LogP contribution in [-0.4, -0.2) is 18.3 Å². The molecule has 0 aliphatic carbocycles. The molecule has 0 spiro atoms. The molecule has 0 saturated heterocycles. The number of hydrogen-bond donors (Lipinski definition) is 0. The lowest BCUT2D eigenvalue weighted by molar-refractivity contribution is -0.704. The second-order valence-electron chi connectivity index (χ2n) is 4.15. The van der Waals surface area contributed by atoms with E-state index in [0.29, 0.717) is 0 Å². The number of aromatic nitrogens is 2. The van der Waals surface area contributed by atoms with Gasteiger partial charge in [0.15, 0.2) is 0 Å². The maximum Gasteiger partial charge on any atom is 0.256 e. The van der Waals surface area contributed by atoms with Crippen LogP contribution in [-0.2, 0) is 24.2 Å². The van der Waals surface area contributed by atoms with Gasteiger partial charge in [0.2, 0.25) is 0 Å². The number of methoxy groups -OCH3 is 1. The molecule has 0 atom stereocenters. The Morgan fingerprint density at radius 2 is 2.12 bits per heavy atom. The predicted molar refractivity (Wildman–Crippen MR) is 65.4 cm³/mol. The lowest BCUT2D eigenvalue weighted by Crippen LogP contribution is -2.37. The molecule has 0 radical (unpaired) electrons. The number of imidazole rings is 1. The molecule has 0 aliphatic rings. The summed E-state index contributed by atoms with van der Waals surface area (Å²) in [5.41, 5.74) is 0. The molecule has 0 amide bonds. The molecule has 1 heterocycles. The van der Waals surface area contributed by atoms with Crippen molar-refractivity contribution in [2.75, 3.05) is 13.7 Å². The van der Waals surface area contributed by atoms with Crippen LogP contribution in [0.3, 0.4) is 0 Å². The summed E-state index contributed by atoms with van der Waals surface area (Å²) >= 11 is 0. The highest BCUT2D eigenvalue weighted by Gasteiger charge is 2.13. The van der Waals surface area contributed by atoms with Crippen LogP contribution in [0.25, 0.3) is 0 Å². The first-order valence-electron chi connectivity index (χ1n) is 6.39. The van der Waals surface area contributed by atoms with E-state index in [-0.39, 0.29) is 0 Å². The van der Waals surface area contributed by atoms with E-state index in [4.69, 9.17) is 4.74 Å². The molecular weight excluding hydrogens is 200 g/mol. The van der Waals surface area contributed by atoms with Crippen LogP contribution in [0.4, 0.5) is 0 Å². The Morgan fingerprint density at radius 3 is 2.75 bits per heavy atom. The fourth-order valence-corrected chi connectivity index (χ4v) is 2.02. The van der Waals surface area contributed by atoms with E-state index < -0.39 is 0 Å². The number of ether oxygens (including phenoxy) is 1. The van der Waals surface area contributed by atoms with Crippen molar-refractivity contribution >= 4 is 0 Å². The van der Waals surface area contributed by atoms with Crippen molar-refractivity contribution in [3.05, 3.63) is 18.2 Å². The highest BCUT2D eigenvalue weighted by atomic mass is 16.5. The summed E-state index contributed by atoms with van der Waals surface area (Å²) in [5, 5.41) is 0. The van der Waals surface area contributed by atoms with E-state index in [9.17, 15) is 0 Å². The van der Waals surface area contributed by atoms with Crippen LogP contribution < -0.4 is 4.57 Å². The first kappa shape index (κ1) is 13.2. The third kappa shape index (κ3) is 3.63. The van der Waals surface area contributed by atoms with Crippen molar-refractivity contribution < 1.29 is 9.30 Å². The number of rotatable bonds is 8. The van der Waals surface area contributed by atoms with Crippen molar-refractivity contribution in [3.8, 4) is 0 Å². The van der Waals surface area contributed by atoms with Crippen LogP contribution in [0, 0.1) is 0 Å². The molecule has 0 N–H and O–H groups in total. The van der Waals surface area contributed by atoms with Crippen molar-refractivity contribution in [3.63, 3.8) is 0 Å². The van der Waals surface area contributed by atoms with Gasteiger partial charge in [0.05, 0.1) is 13.1 Å². The third-order valence-electron chi connectivity index (χ3n) is 2.91. The second kappa shape index (κ2) is 7.44. The van der Waals surface area contributed by atoms with Crippen LogP contribution in [0.15, 0.2) is 12.4 Å². The van der Waals surface area contributed by atoms with E-state index in [1.54, 1.807) is 7.11 Å². The average Bonchev–Trinajstić information content (AvgIpc) is 2.69. The van der Waals surface area contributed by atoms with Gasteiger partial charge in [0.25, 0.3) is 5.82 Å². The summed E-state index contributed by atoms with van der Waals surface area (Å²) in [5.74, 6) is 1.43. The monoisotopic (exact) mass is 225 g/mol. The van der Waals surface area contributed by atoms with Gasteiger partial charge in [0.1, 0.15) is 12.4 Å². The van der Waals surface area contributed by atoms with Crippen molar-refractivity contribution in [2.24, 2.45) is 0 Å². The second-order valence-corrected chi connectivity index (χ2v) is 4.15. The lowest BCUT2D eigenvalue weighted by Gasteiger charge is -2.02. The summed E-state index contributed by atoms with van der Waals surface area (Å²) in [6, 6.07) is 0. The van der Waals surface area contributed by atoms with Crippen molar-refractivity contribution in [1.29, 1.82) is 0 Å². The molecule has 0 unspecified atom stereocenters. The van der Waals surface area contributed by atoms with Gasteiger partial charge < -0.3 is 4.74 Å². The van der Waals surface area contributed by atoms with Gasteiger partial charge in [0, 0.05) is 26.6 Å². The minimum absolute atomic E-state index is 0.844. The van der Waals surface area contributed by atoms with Crippen molar-refractivity contribution in [1.82, 2.24) is 4.57 Å². The van der Waals surface area contributed by atoms with Gasteiger partial charge in [-0.15, -0.1) is 0 Å². The molecule has 1 aromatic rings. The minimum atomic E-state index is 0.844. The highest BCUT2D eigenvalue weighted by Crippen LogP contribution is 2.01. The molecular formula is C13H25N2O+. The fraction of sp³-hybridized carbons (Fsp3) is 0.769. The zero-order chi connectivity index (χ0) is 11.8. The average molecular weight is 225 g/mol. The zero-order valence-electron chi connectivity index (χ0n) is 10.9. The summed E-state index contributed by atoms with van der Waals surface area (Å²) in [7, 11) is 1.76. The SMILES string of the molecule is CCCCn1cc[n+](CCCOC)c1CC. The van der Waals surface area contributed by atoms with Gasteiger partial charge in [-0.3, -0.25) is 0 Å². The van der Waals surface area contributed by atoms with Crippen molar-refractivity contribution in [2.45, 2.75) is 52.6 Å². The topological polar surface area (TPSA) is 18.0 Å². The molecule has 3 nitrogen and oxygen atoms in total. The molecule has 1 rings (SSSR count). The summed E-state index contributed by atoms with van der Waals surface area (Å²) in [6.07, 6.45) is 9.12. The standard InChI is InChI=1S/C13H25N2O/c1-4-6-8-14-10-11-15(13(14)5-2)9-7-12-16-3/h10-11H,4-9,12H2,1-3H3/q+1. The molecule has 3 heteroatoms. The molecule has 1 aromatic heterocycles. The first-order chi connectivity index (χ1) is 7.83. The summed E-state index contributed by atoms with van der Waals surface area (Å²) in [6.45, 7) is 7.52. The van der Waals surface area contributed by atoms with E-state index in [0.717, 1.165) is 32.5 Å². The Bertz CT molecular complexity index is 294. The Hall–Kier alpha value is -0.830. The maximum absolute atomic E-state index is 5.09. The predicted octanol–water partition coefficient (Wildman–Crippen LogP) is 2.17. The Balaban J connectivity index is 2.58. The largest absolute Gasteiger partial charge is 0.385 e. The van der Waals surface area contributed by atoms with E-state index >= 15 is 0 Å². The zero-order valence-corrected chi connectivity index (χ0v) is 10.9. The smallest absolute Gasteiger partial charge is 0.256 e. The first-order valence-corrected chi connectivity index (χ1v) is 6.39. The number of hydrogen-bond acceptors (Lipinski definition) is 1. The molecule has 0 aromatic carbocycles. The summed E-state index contributed by atoms with van der Waals surface area (Å²) in [4.78, 5) is 0. The van der Waals surface area contributed by atoms with E-state index in [2.05, 4.69) is 35.4 Å². The maximum atomic E-state index is 5.09. The van der Waals surface area contributed by atoms with E-state index in [1.165, 1.54) is 18.7 Å². The molecule has 0 fully saturated rings. The Labute approximate surface area is 99.0 Å². The normalized spacial score (nSPS) is 10.9. The molecule has 0 aliphatic heterocycles. The number of aryl methyl sites for hydroxylation is 2. The van der Waals surface area contributed by atoms with Crippen LogP contribution in [0.2, 0.25) is 0 Å². The highest BCUT2D eigenvalue weighted by molar-refractivity contribution is 4.82. The van der Waals surface area contributed by atoms with Crippen LogP contribution in [0.5, 0.6) is 0 Å². The van der Waals surface area contributed by atoms with Crippen LogP contribution >= 0.6 is 0 Å². The van der Waals surface area contributed by atoms with Gasteiger partial charge in [-0.2, -0.15) is 0 Å². The molecule has 92 valence electrons. The molecule has 16 heavy (non-hydrogen) atoms. The number of unbranched alkanes of at least 4 members (excludes halogenated alkanes) is 1. The van der Waals surface area contributed by atoms with Crippen LogP contribution in [0.1, 0.15) is 38.9 Å². The molecule has 0 saturated carbocycles. The third-order valence-corrected chi connectivity index (χ3v) is 2.91. The van der Waals surface area contributed by atoms with Gasteiger partial charge in [-0.1, -0.05) is 20.3 Å². The quantitative estimate of drug-likeness (QED) is 0.490.